The molecular formula is C19H18F2N4O6. The molecule has 2 aliphatic rings. The van der Waals surface area contributed by atoms with Crippen molar-refractivity contribution in [2.45, 2.75) is 30.8 Å². The number of carbonyl (C=O) groups excluding carboxylic acids is 2. The summed E-state index contributed by atoms with van der Waals surface area (Å²) in [5.41, 5.74) is 0.464. The van der Waals surface area contributed by atoms with Crippen molar-refractivity contribution in [3.05, 3.63) is 52.1 Å². The minimum Gasteiger partial charge on any atom is -0.394 e. The number of carbonyl (C=O) groups is 2. The summed E-state index contributed by atoms with van der Waals surface area (Å²) < 4.78 is 33.8. The van der Waals surface area contributed by atoms with Crippen molar-refractivity contribution >= 4 is 23.3 Å². The molecule has 0 spiro atoms. The Bertz CT molecular complexity index is 1120. The number of halogens is 2. The molecule has 12 heteroatoms. The molecule has 0 saturated carbocycles. The average Bonchev–Trinajstić information content (AvgIpc) is 3.14. The van der Waals surface area contributed by atoms with Gasteiger partial charge in [0.2, 0.25) is 12.1 Å². The van der Waals surface area contributed by atoms with Gasteiger partial charge in [0.05, 0.1) is 13.0 Å². The number of aliphatic hydroxyl groups is 2. The van der Waals surface area contributed by atoms with Gasteiger partial charge in [0, 0.05) is 24.5 Å². The van der Waals surface area contributed by atoms with Crippen molar-refractivity contribution in [1.29, 1.82) is 0 Å². The monoisotopic (exact) mass is 436 g/mol. The van der Waals surface area contributed by atoms with E-state index in [4.69, 9.17) is 9.84 Å². The highest BCUT2D eigenvalue weighted by molar-refractivity contribution is 6.06. The molecule has 31 heavy (non-hydrogen) atoms. The minimum absolute atomic E-state index is 0.0997. The Kier molecular flexibility index (Phi) is 5.07. The topological polar surface area (TPSA) is 134 Å². The van der Waals surface area contributed by atoms with Crippen molar-refractivity contribution in [3.8, 4) is 0 Å². The smallest absolute Gasteiger partial charge is 0.351 e. The van der Waals surface area contributed by atoms with E-state index in [1.807, 2.05) is 0 Å². The highest BCUT2D eigenvalue weighted by Crippen LogP contribution is 2.42. The number of nitrogens with zero attached hydrogens (tertiary/aromatic N) is 3. The molecule has 164 valence electrons. The number of anilines is 2. The van der Waals surface area contributed by atoms with Crippen LogP contribution in [-0.2, 0) is 16.0 Å². The van der Waals surface area contributed by atoms with Crippen LogP contribution in [-0.4, -0.2) is 63.4 Å². The molecule has 0 bridgehead atoms. The summed E-state index contributed by atoms with van der Waals surface area (Å²) in [6, 6.07) is 5.81. The number of amides is 2. The molecule has 3 heterocycles. The first-order valence-electron chi connectivity index (χ1n) is 9.25. The highest BCUT2D eigenvalue weighted by atomic mass is 19.3. The second kappa shape index (κ2) is 7.48. The zero-order valence-corrected chi connectivity index (χ0v) is 16.2. The largest absolute Gasteiger partial charge is 0.394 e. The van der Waals surface area contributed by atoms with Gasteiger partial charge in [-0.25, -0.2) is 4.79 Å². The van der Waals surface area contributed by atoms with E-state index in [2.05, 4.69) is 10.3 Å². The number of hydrogen-bond donors (Lipinski definition) is 3. The number of benzene rings is 1. The minimum atomic E-state index is -3.83. The second-order valence-corrected chi connectivity index (χ2v) is 7.26. The van der Waals surface area contributed by atoms with Crippen molar-refractivity contribution in [2.75, 3.05) is 23.9 Å². The number of alkyl halides is 2. The van der Waals surface area contributed by atoms with Crippen LogP contribution < -0.4 is 15.9 Å². The van der Waals surface area contributed by atoms with E-state index in [1.165, 1.54) is 11.0 Å². The van der Waals surface area contributed by atoms with Gasteiger partial charge < -0.3 is 25.2 Å². The van der Waals surface area contributed by atoms with E-state index in [0.29, 0.717) is 15.8 Å². The predicted molar refractivity (Wildman–Crippen MR) is 102 cm³/mol. The van der Waals surface area contributed by atoms with Gasteiger partial charge in [-0.2, -0.15) is 13.8 Å². The van der Waals surface area contributed by atoms with Gasteiger partial charge in [0.1, 0.15) is 11.9 Å². The molecular weight excluding hydrogens is 418 g/mol. The summed E-state index contributed by atoms with van der Waals surface area (Å²) in [5, 5.41) is 21.0. The molecule has 4 rings (SSSR count). The maximum absolute atomic E-state index is 14.2. The fourth-order valence-corrected chi connectivity index (χ4v) is 3.58. The van der Waals surface area contributed by atoms with Crippen LogP contribution in [0.1, 0.15) is 22.1 Å². The zero-order chi connectivity index (χ0) is 22.5. The Morgan fingerprint density at radius 2 is 2.10 bits per heavy atom. The van der Waals surface area contributed by atoms with Gasteiger partial charge in [-0.05, 0) is 29.8 Å². The highest BCUT2D eigenvalue weighted by Gasteiger charge is 2.59. The van der Waals surface area contributed by atoms with E-state index < -0.39 is 42.6 Å². The number of aromatic nitrogens is 2. The Labute approximate surface area is 173 Å². The molecule has 1 aromatic heterocycles. The van der Waals surface area contributed by atoms with Crippen LogP contribution in [0.3, 0.4) is 0 Å². The van der Waals surface area contributed by atoms with Gasteiger partial charge in [0.15, 0.2) is 6.10 Å². The SMILES string of the molecule is CN1C(=O)Cc2cc(C(=O)Nc3ccn(C4O[C@H](CO)[C@@H](O)C4(F)F)c(=O)n3)ccc21. The third-order valence-corrected chi connectivity index (χ3v) is 5.30. The van der Waals surface area contributed by atoms with E-state index in [-0.39, 0.29) is 23.7 Å². The molecule has 1 unspecified atom stereocenters. The zero-order valence-electron chi connectivity index (χ0n) is 16.2. The number of fused-ring (bicyclic) bond motifs is 1. The Morgan fingerprint density at radius 3 is 2.74 bits per heavy atom. The van der Waals surface area contributed by atoms with Crippen LogP contribution in [0.5, 0.6) is 0 Å². The molecule has 0 radical (unpaired) electrons. The Morgan fingerprint density at radius 1 is 1.35 bits per heavy atom. The van der Waals surface area contributed by atoms with Crippen molar-refractivity contribution in [2.24, 2.45) is 0 Å². The molecule has 3 N–H and O–H groups in total. The van der Waals surface area contributed by atoms with Crippen LogP contribution in [0.2, 0.25) is 0 Å². The predicted octanol–water partition coefficient (Wildman–Crippen LogP) is -0.0996. The first kappa shape index (κ1) is 21.0. The molecule has 2 aliphatic heterocycles. The standard InChI is InChI=1S/C19H18F2N4O6/c1-24-11-3-2-9(6-10(11)7-14(24)27)16(29)22-13-4-5-25(18(30)23-13)17-19(20,21)15(28)12(8-26)31-17/h2-6,12,15,17,26,28H,7-8H2,1H3,(H,22,23,29,30)/t12-,15-,17?/m1/s1. The fourth-order valence-electron chi connectivity index (χ4n) is 3.58. The maximum atomic E-state index is 14.2. The molecule has 1 aromatic carbocycles. The van der Waals surface area contributed by atoms with Crippen LogP contribution in [0.25, 0.3) is 0 Å². The Hall–Kier alpha value is -3.22. The maximum Gasteiger partial charge on any atom is 0.351 e. The summed E-state index contributed by atoms with van der Waals surface area (Å²) >= 11 is 0. The van der Waals surface area contributed by atoms with Gasteiger partial charge in [-0.15, -0.1) is 0 Å². The van der Waals surface area contributed by atoms with E-state index >= 15 is 0 Å². The summed E-state index contributed by atoms with van der Waals surface area (Å²) in [6.45, 7) is -0.855. The van der Waals surface area contributed by atoms with E-state index in [0.717, 1.165) is 12.3 Å². The normalized spacial score (nSPS) is 24.4. The lowest BCUT2D eigenvalue weighted by Gasteiger charge is -2.21. The summed E-state index contributed by atoms with van der Waals surface area (Å²) in [4.78, 5) is 41.6. The number of aliphatic hydroxyl groups excluding tert-OH is 2. The molecule has 2 amide bonds. The lowest BCUT2D eigenvalue weighted by atomic mass is 10.1. The number of nitrogens with one attached hydrogen (secondary N) is 1. The number of likely N-dealkylation sites (N-methyl/N-ethyl adjacent to an activating group) is 1. The van der Waals surface area contributed by atoms with Crippen LogP contribution in [0.15, 0.2) is 35.3 Å². The molecule has 10 nitrogen and oxygen atoms in total. The lowest BCUT2D eigenvalue weighted by Crippen LogP contribution is -2.41. The van der Waals surface area contributed by atoms with Gasteiger partial charge >= 0.3 is 11.6 Å². The van der Waals surface area contributed by atoms with Gasteiger partial charge in [-0.3, -0.25) is 14.2 Å². The second-order valence-electron chi connectivity index (χ2n) is 7.26. The summed E-state index contributed by atoms with van der Waals surface area (Å²) in [6.07, 6.45) is -4.89. The first-order valence-corrected chi connectivity index (χ1v) is 9.25. The van der Waals surface area contributed by atoms with E-state index in [9.17, 15) is 28.3 Å². The number of hydrogen-bond acceptors (Lipinski definition) is 7. The van der Waals surface area contributed by atoms with Crippen LogP contribution in [0.4, 0.5) is 20.3 Å². The first-order chi connectivity index (χ1) is 14.6. The van der Waals surface area contributed by atoms with Gasteiger partial charge in [-0.1, -0.05) is 0 Å². The number of ether oxygens (including phenoxy) is 1. The third-order valence-electron chi connectivity index (χ3n) is 5.30. The molecule has 3 atom stereocenters. The van der Waals surface area contributed by atoms with Crippen LogP contribution in [0, 0.1) is 0 Å². The van der Waals surface area contributed by atoms with E-state index in [1.54, 1.807) is 19.2 Å². The summed E-state index contributed by atoms with van der Waals surface area (Å²) in [5.74, 6) is -4.72. The quantitative estimate of drug-likeness (QED) is 0.609. The molecule has 1 fully saturated rings. The van der Waals surface area contributed by atoms with Crippen molar-refractivity contribution in [1.82, 2.24) is 9.55 Å². The van der Waals surface area contributed by atoms with Gasteiger partial charge in [0.25, 0.3) is 5.91 Å². The summed E-state index contributed by atoms with van der Waals surface area (Å²) in [7, 11) is 1.63. The molecule has 0 aliphatic carbocycles. The number of rotatable bonds is 4. The van der Waals surface area contributed by atoms with Crippen molar-refractivity contribution < 1.29 is 33.3 Å². The fraction of sp³-hybridized carbons (Fsp3) is 0.368. The molecule has 1 saturated heterocycles. The lowest BCUT2D eigenvalue weighted by molar-refractivity contribution is -0.140. The Balaban J connectivity index is 1.53. The molecule has 2 aromatic rings. The average molecular weight is 436 g/mol. The van der Waals surface area contributed by atoms with Crippen molar-refractivity contribution in [3.63, 3.8) is 0 Å². The van der Waals surface area contributed by atoms with Crippen LogP contribution >= 0.6 is 0 Å². The third kappa shape index (κ3) is 3.48.